The molecule has 0 atom stereocenters. The van der Waals surface area contributed by atoms with Gasteiger partial charge in [0.05, 0.1) is 11.3 Å². The Morgan fingerprint density at radius 1 is 0.906 bits per heavy atom. The molecule has 170 valence electrons. The van der Waals surface area contributed by atoms with Crippen LogP contribution in [0.1, 0.15) is 60.0 Å². The number of piperidine rings is 1. The number of aryl methyl sites for hydroxylation is 1. The number of likely N-dealkylation sites (tertiary alicyclic amines) is 2. The zero-order valence-corrected chi connectivity index (χ0v) is 19.2. The van der Waals surface area contributed by atoms with E-state index in [1.165, 1.54) is 24.0 Å². The molecule has 2 fully saturated rings. The van der Waals surface area contributed by atoms with Crippen LogP contribution < -0.4 is 5.32 Å². The topological polar surface area (TPSA) is 52.7 Å². The van der Waals surface area contributed by atoms with Crippen molar-refractivity contribution in [3.8, 4) is 0 Å². The third kappa shape index (κ3) is 5.77. The van der Waals surface area contributed by atoms with Gasteiger partial charge in [0, 0.05) is 25.6 Å². The molecule has 5 nitrogen and oxygen atoms in total. The Morgan fingerprint density at radius 2 is 1.62 bits per heavy atom. The Balaban J connectivity index is 1.34. The molecule has 0 radical (unpaired) electrons. The SMILES string of the molecule is Cc1cccc(CN2CCC(C(=O)Nc3ccccc3C(=O)N3CCCCCC3)CC2)c1. The molecular formula is C27H35N3O2. The van der Waals surface area contributed by atoms with Crippen LogP contribution in [0.5, 0.6) is 0 Å². The van der Waals surface area contributed by atoms with Crippen molar-refractivity contribution in [2.75, 3.05) is 31.5 Å². The van der Waals surface area contributed by atoms with Crippen LogP contribution in [0.25, 0.3) is 0 Å². The zero-order valence-electron chi connectivity index (χ0n) is 19.2. The van der Waals surface area contributed by atoms with Gasteiger partial charge in [0.2, 0.25) is 5.91 Å². The van der Waals surface area contributed by atoms with Crippen molar-refractivity contribution in [2.45, 2.75) is 52.0 Å². The maximum Gasteiger partial charge on any atom is 0.255 e. The van der Waals surface area contributed by atoms with E-state index < -0.39 is 0 Å². The van der Waals surface area contributed by atoms with Gasteiger partial charge in [-0.15, -0.1) is 0 Å². The van der Waals surface area contributed by atoms with Crippen LogP contribution in [-0.4, -0.2) is 47.8 Å². The van der Waals surface area contributed by atoms with Crippen molar-refractivity contribution in [1.29, 1.82) is 0 Å². The molecule has 1 N–H and O–H groups in total. The number of carbonyl (C=O) groups excluding carboxylic acids is 2. The van der Waals surface area contributed by atoms with E-state index >= 15 is 0 Å². The van der Waals surface area contributed by atoms with Gasteiger partial charge >= 0.3 is 0 Å². The van der Waals surface area contributed by atoms with Crippen molar-refractivity contribution >= 4 is 17.5 Å². The second-order valence-corrected chi connectivity index (χ2v) is 9.28. The van der Waals surface area contributed by atoms with Crippen LogP contribution in [0.4, 0.5) is 5.69 Å². The van der Waals surface area contributed by atoms with Crippen molar-refractivity contribution in [2.24, 2.45) is 5.92 Å². The van der Waals surface area contributed by atoms with Gasteiger partial charge in [-0.05, 0) is 63.4 Å². The number of nitrogens with one attached hydrogen (secondary N) is 1. The minimum Gasteiger partial charge on any atom is -0.339 e. The van der Waals surface area contributed by atoms with Crippen LogP contribution in [0, 0.1) is 12.8 Å². The average molecular weight is 434 g/mol. The van der Waals surface area contributed by atoms with Gasteiger partial charge in [-0.1, -0.05) is 54.8 Å². The van der Waals surface area contributed by atoms with E-state index in [0.29, 0.717) is 11.3 Å². The molecule has 2 heterocycles. The molecule has 2 aromatic rings. The predicted molar refractivity (Wildman–Crippen MR) is 129 cm³/mol. The summed E-state index contributed by atoms with van der Waals surface area (Å²) in [6.45, 7) is 6.50. The minimum absolute atomic E-state index is 0.00916. The average Bonchev–Trinajstić information content (AvgIpc) is 3.09. The Morgan fingerprint density at radius 3 is 2.34 bits per heavy atom. The standard InChI is InChI=1S/C27H35N3O2/c1-21-9-8-10-22(19-21)20-29-17-13-23(14-18-29)26(31)28-25-12-5-4-11-24(25)27(32)30-15-6-2-3-7-16-30/h4-5,8-12,19,23H,2-3,6-7,13-18,20H2,1H3,(H,28,31). The van der Waals surface area contributed by atoms with E-state index in [4.69, 9.17) is 0 Å². The van der Waals surface area contributed by atoms with E-state index in [-0.39, 0.29) is 17.7 Å². The third-order valence-corrected chi connectivity index (χ3v) is 6.76. The molecule has 2 aliphatic rings. The molecule has 0 saturated carbocycles. The molecule has 0 unspecified atom stereocenters. The number of anilines is 1. The van der Waals surface area contributed by atoms with Gasteiger partial charge in [-0.2, -0.15) is 0 Å². The lowest BCUT2D eigenvalue weighted by molar-refractivity contribution is -0.121. The summed E-state index contributed by atoms with van der Waals surface area (Å²) in [6, 6.07) is 16.1. The normalized spacial score (nSPS) is 18.2. The second kappa shape index (κ2) is 10.8. The fraction of sp³-hybridized carbons (Fsp3) is 0.481. The number of carbonyl (C=O) groups is 2. The molecule has 4 rings (SSSR count). The molecule has 2 aliphatic heterocycles. The highest BCUT2D eigenvalue weighted by atomic mass is 16.2. The fourth-order valence-electron chi connectivity index (χ4n) is 4.88. The predicted octanol–water partition coefficient (Wildman–Crippen LogP) is 4.86. The fourth-order valence-corrected chi connectivity index (χ4v) is 4.88. The first kappa shape index (κ1) is 22.5. The summed E-state index contributed by atoms with van der Waals surface area (Å²) in [7, 11) is 0. The summed E-state index contributed by atoms with van der Waals surface area (Å²) in [5.41, 5.74) is 3.87. The van der Waals surface area contributed by atoms with E-state index in [1.54, 1.807) is 0 Å². The molecule has 0 aliphatic carbocycles. The van der Waals surface area contributed by atoms with Crippen LogP contribution in [0.2, 0.25) is 0 Å². The molecule has 2 amide bonds. The molecule has 0 aromatic heterocycles. The quantitative estimate of drug-likeness (QED) is 0.732. The van der Waals surface area contributed by atoms with Crippen molar-refractivity contribution in [1.82, 2.24) is 9.80 Å². The largest absolute Gasteiger partial charge is 0.339 e. The van der Waals surface area contributed by atoms with Crippen LogP contribution in [0.3, 0.4) is 0 Å². The zero-order chi connectivity index (χ0) is 22.3. The molecule has 0 bridgehead atoms. The van der Waals surface area contributed by atoms with Gasteiger partial charge in [-0.25, -0.2) is 0 Å². The van der Waals surface area contributed by atoms with E-state index in [9.17, 15) is 9.59 Å². The molecule has 5 heteroatoms. The van der Waals surface area contributed by atoms with Crippen molar-refractivity contribution in [3.63, 3.8) is 0 Å². The number of hydrogen-bond acceptors (Lipinski definition) is 3. The Labute approximate surface area is 191 Å². The monoisotopic (exact) mass is 433 g/mol. The number of amides is 2. The first-order chi connectivity index (χ1) is 15.6. The van der Waals surface area contributed by atoms with E-state index in [0.717, 1.165) is 58.4 Å². The van der Waals surface area contributed by atoms with E-state index in [2.05, 4.69) is 41.4 Å². The molecule has 2 aromatic carbocycles. The Bertz CT molecular complexity index is 926. The lowest BCUT2D eigenvalue weighted by atomic mass is 9.95. The van der Waals surface area contributed by atoms with Crippen LogP contribution >= 0.6 is 0 Å². The summed E-state index contributed by atoms with van der Waals surface area (Å²) >= 11 is 0. The summed E-state index contributed by atoms with van der Waals surface area (Å²) in [5, 5.41) is 3.08. The number of nitrogens with zero attached hydrogens (tertiary/aromatic N) is 2. The van der Waals surface area contributed by atoms with Gasteiger partial charge in [-0.3, -0.25) is 14.5 Å². The van der Waals surface area contributed by atoms with Gasteiger partial charge in [0.1, 0.15) is 0 Å². The highest BCUT2D eigenvalue weighted by Gasteiger charge is 2.27. The molecule has 2 saturated heterocycles. The van der Waals surface area contributed by atoms with Gasteiger partial charge in [0.25, 0.3) is 5.91 Å². The number of hydrogen-bond donors (Lipinski definition) is 1. The highest BCUT2D eigenvalue weighted by molar-refractivity contribution is 6.04. The third-order valence-electron chi connectivity index (χ3n) is 6.76. The molecular weight excluding hydrogens is 398 g/mol. The smallest absolute Gasteiger partial charge is 0.255 e. The molecule has 32 heavy (non-hydrogen) atoms. The van der Waals surface area contributed by atoms with Crippen molar-refractivity contribution < 1.29 is 9.59 Å². The maximum atomic E-state index is 13.1. The number of benzene rings is 2. The summed E-state index contributed by atoms with van der Waals surface area (Å²) in [5.74, 6) is 0.0669. The lowest BCUT2D eigenvalue weighted by Crippen LogP contribution is -2.38. The second-order valence-electron chi connectivity index (χ2n) is 9.28. The summed E-state index contributed by atoms with van der Waals surface area (Å²) in [4.78, 5) is 30.5. The summed E-state index contributed by atoms with van der Waals surface area (Å²) < 4.78 is 0. The summed E-state index contributed by atoms with van der Waals surface area (Å²) in [6.07, 6.45) is 6.18. The Kier molecular flexibility index (Phi) is 7.59. The molecule has 0 spiro atoms. The Hall–Kier alpha value is -2.66. The number of para-hydroxylation sites is 1. The minimum atomic E-state index is -0.00916. The van der Waals surface area contributed by atoms with E-state index in [1.807, 2.05) is 29.2 Å². The van der Waals surface area contributed by atoms with Crippen molar-refractivity contribution in [3.05, 3.63) is 65.2 Å². The first-order valence-corrected chi connectivity index (χ1v) is 12.1. The van der Waals surface area contributed by atoms with Crippen LogP contribution in [0.15, 0.2) is 48.5 Å². The van der Waals surface area contributed by atoms with Gasteiger partial charge in [0.15, 0.2) is 0 Å². The first-order valence-electron chi connectivity index (χ1n) is 12.1. The van der Waals surface area contributed by atoms with Gasteiger partial charge < -0.3 is 10.2 Å². The maximum absolute atomic E-state index is 13.1. The highest BCUT2D eigenvalue weighted by Crippen LogP contribution is 2.24. The van der Waals surface area contributed by atoms with Crippen LogP contribution in [-0.2, 0) is 11.3 Å². The number of rotatable bonds is 5. The lowest BCUT2D eigenvalue weighted by Gasteiger charge is -2.31.